The zero-order chi connectivity index (χ0) is 14.0. The van der Waals surface area contributed by atoms with Crippen LogP contribution < -0.4 is 5.73 Å². The van der Waals surface area contributed by atoms with Gasteiger partial charge in [0.2, 0.25) is 0 Å². The maximum absolute atomic E-state index is 11.4. The van der Waals surface area contributed by atoms with Gasteiger partial charge in [-0.15, -0.1) is 12.4 Å². The Hall–Kier alpha value is -1.36. The summed E-state index contributed by atoms with van der Waals surface area (Å²) in [4.78, 5) is 0.333. The van der Waals surface area contributed by atoms with Gasteiger partial charge in [0.1, 0.15) is 0 Å². The molecule has 0 aliphatic rings. The molecule has 0 heterocycles. The molecule has 0 radical (unpaired) electrons. The quantitative estimate of drug-likeness (QED) is 0.947. The summed E-state index contributed by atoms with van der Waals surface area (Å²) in [5.41, 5.74) is 8.94. The van der Waals surface area contributed by atoms with Gasteiger partial charge in [-0.25, -0.2) is 8.42 Å². The molecule has 2 rings (SSSR count). The van der Waals surface area contributed by atoms with E-state index in [1.165, 1.54) is 6.26 Å². The predicted molar refractivity (Wildman–Crippen MR) is 84.8 cm³/mol. The molecule has 2 aromatic rings. The van der Waals surface area contributed by atoms with Gasteiger partial charge in [-0.1, -0.05) is 30.3 Å². The van der Waals surface area contributed by atoms with E-state index in [1.807, 2.05) is 43.3 Å². The lowest BCUT2D eigenvalue weighted by Crippen LogP contribution is -2.04. The fourth-order valence-corrected chi connectivity index (χ4v) is 2.53. The largest absolute Gasteiger partial charge is 0.324 e. The second-order valence-electron chi connectivity index (χ2n) is 4.71. The number of benzene rings is 2. The van der Waals surface area contributed by atoms with Crippen molar-refractivity contribution in [1.29, 1.82) is 0 Å². The van der Waals surface area contributed by atoms with Crippen LogP contribution in [0.3, 0.4) is 0 Å². The topological polar surface area (TPSA) is 60.2 Å². The standard InChI is InChI=1S/C15H17NO2S.ClH/c1-11(16)13-4-3-5-14(10-13)12-6-8-15(9-7-12)19(2,17)18;/h3-11H,16H2,1-2H3;1H/t11-;/m1./s1. The maximum atomic E-state index is 11.4. The summed E-state index contributed by atoms with van der Waals surface area (Å²) < 4.78 is 22.8. The smallest absolute Gasteiger partial charge is 0.175 e. The van der Waals surface area contributed by atoms with Gasteiger partial charge in [-0.2, -0.15) is 0 Å². The molecule has 5 heteroatoms. The molecule has 0 spiro atoms. The van der Waals surface area contributed by atoms with Gasteiger partial charge >= 0.3 is 0 Å². The Kier molecular flexibility index (Phi) is 5.34. The van der Waals surface area contributed by atoms with E-state index in [1.54, 1.807) is 12.1 Å². The van der Waals surface area contributed by atoms with E-state index in [0.29, 0.717) is 4.90 Å². The molecule has 20 heavy (non-hydrogen) atoms. The molecule has 0 aliphatic heterocycles. The van der Waals surface area contributed by atoms with Crippen LogP contribution in [0.5, 0.6) is 0 Å². The first-order valence-corrected chi connectivity index (χ1v) is 7.93. The lowest BCUT2D eigenvalue weighted by Gasteiger charge is -2.09. The van der Waals surface area contributed by atoms with Crippen LogP contribution in [0.2, 0.25) is 0 Å². The van der Waals surface area contributed by atoms with Crippen LogP contribution in [0.25, 0.3) is 11.1 Å². The van der Waals surface area contributed by atoms with Gasteiger partial charge in [0.05, 0.1) is 4.90 Å². The van der Waals surface area contributed by atoms with E-state index in [4.69, 9.17) is 5.73 Å². The highest BCUT2D eigenvalue weighted by atomic mass is 35.5. The molecular weight excluding hydrogens is 294 g/mol. The Labute approximate surface area is 126 Å². The van der Waals surface area contributed by atoms with Crippen molar-refractivity contribution >= 4 is 22.2 Å². The molecule has 0 aliphatic carbocycles. The van der Waals surface area contributed by atoms with Crippen LogP contribution in [-0.2, 0) is 9.84 Å². The van der Waals surface area contributed by atoms with Gasteiger partial charge in [0.15, 0.2) is 9.84 Å². The highest BCUT2D eigenvalue weighted by molar-refractivity contribution is 7.90. The zero-order valence-electron chi connectivity index (χ0n) is 11.4. The van der Waals surface area contributed by atoms with Crippen molar-refractivity contribution in [2.24, 2.45) is 5.73 Å². The van der Waals surface area contributed by atoms with E-state index in [0.717, 1.165) is 16.7 Å². The average Bonchev–Trinajstić information content (AvgIpc) is 2.38. The van der Waals surface area contributed by atoms with E-state index in [2.05, 4.69) is 0 Å². The van der Waals surface area contributed by atoms with Crippen LogP contribution >= 0.6 is 12.4 Å². The van der Waals surface area contributed by atoms with Crippen molar-refractivity contribution in [2.75, 3.05) is 6.26 Å². The zero-order valence-corrected chi connectivity index (χ0v) is 13.0. The summed E-state index contributed by atoms with van der Waals surface area (Å²) in [5.74, 6) is 0. The van der Waals surface area contributed by atoms with Crippen molar-refractivity contribution in [3.63, 3.8) is 0 Å². The Morgan fingerprint density at radius 3 is 2.10 bits per heavy atom. The molecule has 0 unspecified atom stereocenters. The first-order chi connectivity index (χ1) is 8.88. The van der Waals surface area contributed by atoms with Crippen LogP contribution in [0.15, 0.2) is 53.4 Å². The molecule has 3 nitrogen and oxygen atoms in total. The Morgan fingerprint density at radius 1 is 1.00 bits per heavy atom. The summed E-state index contributed by atoms with van der Waals surface area (Å²) in [7, 11) is -3.14. The van der Waals surface area contributed by atoms with Crippen LogP contribution in [-0.4, -0.2) is 14.7 Å². The number of rotatable bonds is 3. The highest BCUT2D eigenvalue weighted by Crippen LogP contribution is 2.23. The summed E-state index contributed by atoms with van der Waals surface area (Å²) in [6, 6.07) is 14.8. The molecule has 2 N–H and O–H groups in total. The second kappa shape index (κ2) is 6.39. The van der Waals surface area contributed by atoms with Crippen LogP contribution in [0.4, 0.5) is 0 Å². The van der Waals surface area contributed by atoms with E-state index >= 15 is 0 Å². The minimum absolute atomic E-state index is 0. The molecule has 0 amide bonds. The third kappa shape index (κ3) is 3.82. The Bertz CT molecular complexity index is 679. The Morgan fingerprint density at radius 2 is 1.60 bits per heavy atom. The Balaban J connectivity index is 0.00000200. The average molecular weight is 312 g/mol. The number of sulfone groups is 1. The molecule has 1 atom stereocenters. The van der Waals surface area contributed by atoms with Gasteiger partial charge in [-0.05, 0) is 41.8 Å². The van der Waals surface area contributed by atoms with E-state index in [9.17, 15) is 8.42 Å². The van der Waals surface area contributed by atoms with Gasteiger partial charge < -0.3 is 5.73 Å². The summed E-state index contributed by atoms with van der Waals surface area (Å²) >= 11 is 0. The molecular formula is C15H18ClNO2S. The summed E-state index contributed by atoms with van der Waals surface area (Å²) in [5, 5.41) is 0. The van der Waals surface area contributed by atoms with Crippen molar-refractivity contribution in [1.82, 2.24) is 0 Å². The first kappa shape index (κ1) is 16.7. The first-order valence-electron chi connectivity index (χ1n) is 6.04. The molecule has 0 saturated carbocycles. The van der Waals surface area contributed by atoms with Crippen molar-refractivity contribution in [2.45, 2.75) is 17.9 Å². The fourth-order valence-electron chi connectivity index (χ4n) is 1.90. The van der Waals surface area contributed by atoms with E-state index in [-0.39, 0.29) is 18.4 Å². The lowest BCUT2D eigenvalue weighted by molar-refractivity contribution is 0.602. The molecule has 0 saturated heterocycles. The fraction of sp³-hybridized carbons (Fsp3) is 0.200. The minimum atomic E-state index is -3.14. The molecule has 0 fully saturated rings. The normalized spacial score (nSPS) is 12.6. The van der Waals surface area contributed by atoms with Gasteiger partial charge in [-0.3, -0.25) is 0 Å². The van der Waals surface area contributed by atoms with Crippen LogP contribution in [0, 0.1) is 0 Å². The summed E-state index contributed by atoms with van der Waals surface area (Å²) in [6.45, 7) is 1.94. The maximum Gasteiger partial charge on any atom is 0.175 e. The number of hydrogen-bond acceptors (Lipinski definition) is 3. The van der Waals surface area contributed by atoms with Crippen molar-refractivity contribution in [3.05, 3.63) is 54.1 Å². The van der Waals surface area contributed by atoms with Crippen molar-refractivity contribution < 1.29 is 8.42 Å². The predicted octanol–water partition coefficient (Wildman–Crippen LogP) is 3.20. The minimum Gasteiger partial charge on any atom is -0.324 e. The molecule has 0 aromatic heterocycles. The van der Waals surface area contributed by atoms with Gasteiger partial charge in [0.25, 0.3) is 0 Å². The second-order valence-corrected chi connectivity index (χ2v) is 6.73. The highest BCUT2D eigenvalue weighted by Gasteiger charge is 2.07. The van der Waals surface area contributed by atoms with Crippen molar-refractivity contribution in [3.8, 4) is 11.1 Å². The monoisotopic (exact) mass is 311 g/mol. The number of halogens is 1. The van der Waals surface area contributed by atoms with Crippen LogP contribution in [0.1, 0.15) is 18.5 Å². The molecule has 0 bridgehead atoms. The molecule has 108 valence electrons. The molecule has 2 aromatic carbocycles. The number of nitrogens with two attached hydrogens (primary N) is 1. The van der Waals surface area contributed by atoms with Gasteiger partial charge in [0, 0.05) is 12.3 Å². The summed E-state index contributed by atoms with van der Waals surface area (Å²) in [6.07, 6.45) is 1.21. The lowest BCUT2D eigenvalue weighted by atomic mass is 10.0. The SMILES string of the molecule is C[C@@H](N)c1cccc(-c2ccc(S(C)(=O)=O)cc2)c1.Cl. The third-order valence-electron chi connectivity index (χ3n) is 3.03. The van der Waals surface area contributed by atoms with E-state index < -0.39 is 9.84 Å². The number of hydrogen-bond donors (Lipinski definition) is 1. The third-order valence-corrected chi connectivity index (χ3v) is 4.16.